The van der Waals surface area contributed by atoms with Gasteiger partial charge in [0.15, 0.2) is 11.5 Å². The summed E-state index contributed by atoms with van der Waals surface area (Å²) in [7, 11) is 0. The van der Waals surface area contributed by atoms with E-state index in [1.54, 1.807) is 54.6 Å². The minimum Gasteiger partial charge on any atom is -0.494 e. The molecule has 192 valence electrons. The van der Waals surface area contributed by atoms with Crippen molar-refractivity contribution in [2.45, 2.75) is 20.8 Å². The van der Waals surface area contributed by atoms with E-state index in [4.69, 9.17) is 14.2 Å². The molecule has 0 unspecified atom stereocenters. The summed E-state index contributed by atoms with van der Waals surface area (Å²) in [6.45, 7) is 6.27. The molecule has 2 amide bonds. The molecule has 3 aromatic rings. The Bertz CT molecular complexity index is 1250. The number of hydrogen-bond donors (Lipinski definition) is 2. The summed E-state index contributed by atoms with van der Waals surface area (Å²) in [6.07, 6.45) is 1.42. The van der Waals surface area contributed by atoms with Gasteiger partial charge in [0.25, 0.3) is 11.8 Å². The van der Waals surface area contributed by atoms with E-state index in [2.05, 4.69) is 15.8 Å². The smallest absolute Gasteiger partial charge is 0.343 e. The first-order valence-corrected chi connectivity index (χ1v) is 11.8. The molecule has 3 rings (SSSR count). The lowest BCUT2D eigenvalue weighted by atomic mass is 10.1. The van der Waals surface area contributed by atoms with Gasteiger partial charge >= 0.3 is 5.97 Å². The fraction of sp³-hybridized carbons (Fsp3) is 0.214. The van der Waals surface area contributed by atoms with Crippen molar-refractivity contribution in [3.63, 3.8) is 0 Å². The molecule has 0 aliphatic rings. The first-order chi connectivity index (χ1) is 17.9. The zero-order valence-electron chi connectivity index (χ0n) is 20.9. The Balaban J connectivity index is 1.56. The zero-order valence-corrected chi connectivity index (χ0v) is 20.9. The van der Waals surface area contributed by atoms with E-state index >= 15 is 0 Å². The SMILES string of the molecule is CCOc1ccc(C(=O)Oc2ccc(C=NNC(=O)CNC(=O)c3ccc(C)cc3)cc2OCC)cc1. The van der Waals surface area contributed by atoms with Crippen LogP contribution in [0.1, 0.15) is 45.7 Å². The van der Waals surface area contributed by atoms with Gasteiger partial charge in [-0.25, -0.2) is 10.2 Å². The Hall–Kier alpha value is -4.66. The molecule has 0 atom stereocenters. The molecule has 0 aliphatic carbocycles. The number of rotatable bonds is 11. The maximum Gasteiger partial charge on any atom is 0.343 e. The van der Waals surface area contributed by atoms with Crippen LogP contribution in [0.25, 0.3) is 0 Å². The molecule has 0 radical (unpaired) electrons. The molecule has 0 fully saturated rings. The third kappa shape index (κ3) is 8.21. The van der Waals surface area contributed by atoms with Crippen LogP contribution in [0.4, 0.5) is 0 Å². The van der Waals surface area contributed by atoms with E-state index in [0.29, 0.717) is 41.4 Å². The summed E-state index contributed by atoms with van der Waals surface area (Å²) in [5.41, 5.74) is 4.84. The normalized spacial score (nSPS) is 10.6. The van der Waals surface area contributed by atoms with Crippen LogP contribution < -0.4 is 25.0 Å². The third-order valence-corrected chi connectivity index (χ3v) is 5.00. The van der Waals surface area contributed by atoms with Crippen molar-refractivity contribution in [3.05, 3.63) is 89.0 Å². The number of aryl methyl sites for hydroxylation is 1. The number of carbonyl (C=O) groups excluding carboxylic acids is 3. The van der Waals surface area contributed by atoms with Gasteiger partial charge in [-0.05, 0) is 80.9 Å². The number of amides is 2. The molecule has 0 spiro atoms. The number of benzene rings is 3. The van der Waals surface area contributed by atoms with Gasteiger partial charge in [0, 0.05) is 5.56 Å². The monoisotopic (exact) mass is 503 g/mol. The molecule has 37 heavy (non-hydrogen) atoms. The highest BCUT2D eigenvalue weighted by Gasteiger charge is 2.14. The molecule has 3 aromatic carbocycles. The topological polar surface area (TPSA) is 115 Å². The molecular formula is C28H29N3O6. The van der Waals surface area contributed by atoms with Crippen LogP contribution in [0.3, 0.4) is 0 Å². The maximum atomic E-state index is 12.6. The number of hydrazone groups is 1. The molecule has 0 aliphatic heterocycles. The highest BCUT2D eigenvalue weighted by atomic mass is 16.6. The molecule has 9 nitrogen and oxygen atoms in total. The Morgan fingerprint density at radius 2 is 1.51 bits per heavy atom. The standard InChI is InChI=1S/C28H29N3O6/c1-4-35-23-13-11-22(12-14-23)28(34)37-24-15-8-20(16-25(24)36-5-2)17-30-31-26(32)18-29-27(33)21-9-6-19(3)7-10-21/h6-17H,4-5,18H2,1-3H3,(H,29,33)(H,31,32). The predicted octanol–water partition coefficient (Wildman–Crippen LogP) is 3.89. The average molecular weight is 504 g/mol. The van der Waals surface area contributed by atoms with Crippen LogP contribution in [-0.4, -0.2) is 43.8 Å². The Morgan fingerprint density at radius 1 is 0.838 bits per heavy atom. The van der Waals surface area contributed by atoms with E-state index in [0.717, 1.165) is 5.56 Å². The zero-order chi connectivity index (χ0) is 26.6. The minimum atomic E-state index is -0.537. The van der Waals surface area contributed by atoms with Gasteiger partial charge in [-0.15, -0.1) is 0 Å². The molecule has 0 aromatic heterocycles. The lowest BCUT2D eigenvalue weighted by Gasteiger charge is -2.11. The average Bonchev–Trinajstić information content (AvgIpc) is 2.90. The summed E-state index contributed by atoms with van der Waals surface area (Å²) in [6, 6.07) is 18.6. The Morgan fingerprint density at radius 3 is 2.19 bits per heavy atom. The number of nitrogens with zero attached hydrogens (tertiary/aromatic N) is 1. The first-order valence-electron chi connectivity index (χ1n) is 11.8. The van der Waals surface area contributed by atoms with Crippen molar-refractivity contribution in [1.82, 2.24) is 10.7 Å². The second kappa shape index (κ2) is 13.4. The minimum absolute atomic E-state index is 0.227. The first kappa shape index (κ1) is 26.9. The summed E-state index contributed by atoms with van der Waals surface area (Å²) in [5, 5.41) is 6.46. The lowest BCUT2D eigenvalue weighted by Crippen LogP contribution is -2.34. The van der Waals surface area contributed by atoms with Crippen molar-refractivity contribution < 1.29 is 28.6 Å². The van der Waals surface area contributed by atoms with E-state index in [1.165, 1.54) is 6.21 Å². The van der Waals surface area contributed by atoms with E-state index in [1.807, 2.05) is 32.9 Å². The van der Waals surface area contributed by atoms with Crippen molar-refractivity contribution >= 4 is 24.0 Å². The number of ether oxygens (including phenoxy) is 3. The quantitative estimate of drug-likeness (QED) is 0.178. The Kier molecular flexibility index (Phi) is 9.78. The summed E-state index contributed by atoms with van der Waals surface area (Å²) in [4.78, 5) is 36.7. The van der Waals surface area contributed by atoms with E-state index in [9.17, 15) is 14.4 Å². The highest BCUT2D eigenvalue weighted by molar-refractivity contribution is 5.96. The summed E-state index contributed by atoms with van der Waals surface area (Å²) >= 11 is 0. The lowest BCUT2D eigenvalue weighted by molar-refractivity contribution is -0.120. The van der Waals surface area contributed by atoms with Crippen molar-refractivity contribution in [2.75, 3.05) is 19.8 Å². The van der Waals surface area contributed by atoms with Crippen LogP contribution in [0.2, 0.25) is 0 Å². The van der Waals surface area contributed by atoms with E-state index in [-0.39, 0.29) is 18.2 Å². The fourth-order valence-corrected chi connectivity index (χ4v) is 3.16. The summed E-state index contributed by atoms with van der Waals surface area (Å²) < 4.78 is 16.5. The fourth-order valence-electron chi connectivity index (χ4n) is 3.16. The number of esters is 1. The van der Waals surface area contributed by atoms with Gasteiger partial charge < -0.3 is 19.5 Å². The van der Waals surface area contributed by atoms with Crippen molar-refractivity contribution in [1.29, 1.82) is 0 Å². The number of carbonyl (C=O) groups is 3. The van der Waals surface area contributed by atoms with Crippen LogP contribution >= 0.6 is 0 Å². The van der Waals surface area contributed by atoms with Crippen LogP contribution in [0.15, 0.2) is 71.8 Å². The van der Waals surface area contributed by atoms with Crippen molar-refractivity contribution in [3.8, 4) is 17.2 Å². The molecule has 0 bridgehead atoms. The number of hydrogen-bond acceptors (Lipinski definition) is 7. The van der Waals surface area contributed by atoms with Gasteiger partial charge in [0.1, 0.15) is 5.75 Å². The second-order valence-electron chi connectivity index (χ2n) is 7.83. The molecule has 0 saturated carbocycles. The molecular weight excluding hydrogens is 474 g/mol. The van der Waals surface area contributed by atoms with Crippen LogP contribution in [0, 0.1) is 6.92 Å². The van der Waals surface area contributed by atoms with Gasteiger partial charge in [-0.2, -0.15) is 5.10 Å². The molecule has 0 saturated heterocycles. The predicted molar refractivity (Wildman–Crippen MR) is 139 cm³/mol. The largest absolute Gasteiger partial charge is 0.494 e. The molecule has 9 heteroatoms. The second-order valence-corrected chi connectivity index (χ2v) is 7.83. The molecule has 0 heterocycles. The van der Waals surface area contributed by atoms with Gasteiger partial charge in [0.05, 0.1) is 31.5 Å². The van der Waals surface area contributed by atoms with Gasteiger partial charge in [0.2, 0.25) is 0 Å². The van der Waals surface area contributed by atoms with Crippen LogP contribution in [-0.2, 0) is 4.79 Å². The highest BCUT2D eigenvalue weighted by Crippen LogP contribution is 2.29. The number of nitrogens with one attached hydrogen (secondary N) is 2. The van der Waals surface area contributed by atoms with Gasteiger partial charge in [-0.1, -0.05) is 17.7 Å². The summed E-state index contributed by atoms with van der Waals surface area (Å²) in [5.74, 6) is -0.106. The van der Waals surface area contributed by atoms with Gasteiger partial charge in [-0.3, -0.25) is 9.59 Å². The Labute approximate surface area is 215 Å². The molecule has 2 N–H and O–H groups in total. The third-order valence-electron chi connectivity index (χ3n) is 5.00. The van der Waals surface area contributed by atoms with E-state index < -0.39 is 11.9 Å². The van der Waals surface area contributed by atoms with Crippen LogP contribution in [0.5, 0.6) is 17.2 Å². The maximum absolute atomic E-state index is 12.6. The van der Waals surface area contributed by atoms with Crippen molar-refractivity contribution in [2.24, 2.45) is 5.10 Å².